The van der Waals surface area contributed by atoms with E-state index in [1.54, 1.807) is 0 Å². The Balaban J connectivity index is 1.59. The maximum absolute atomic E-state index is 5.53. The molecule has 2 atom stereocenters. The Morgan fingerprint density at radius 1 is 1.14 bits per heavy atom. The van der Waals surface area contributed by atoms with Gasteiger partial charge in [0.2, 0.25) is 0 Å². The topological polar surface area (TPSA) is 27.3 Å². The van der Waals surface area contributed by atoms with Crippen LogP contribution in [0.4, 0.5) is 0 Å². The molecule has 0 radical (unpaired) electrons. The van der Waals surface area contributed by atoms with Gasteiger partial charge in [-0.2, -0.15) is 0 Å². The van der Waals surface area contributed by atoms with E-state index >= 15 is 0 Å². The Morgan fingerprint density at radius 3 is 2.55 bits per heavy atom. The van der Waals surface area contributed by atoms with Crippen LogP contribution in [-0.2, 0) is 0 Å². The molecule has 4 heteroatoms. The molecule has 0 bridgehead atoms. The highest BCUT2D eigenvalue weighted by atomic mass is 32.1. The predicted octanol–water partition coefficient (Wildman–Crippen LogP) is 3.30. The number of nitrogens with zero attached hydrogens (tertiary/aromatic N) is 1. The zero-order chi connectivity index (χ0) is 15.4. The van der Waals surface area contributed by atoms with Crippen molar-refractivity contribution in [3.05, 3.63) is 0 Å². The highest BCUT2D eigenvalue weighted by molar-refractivity contribution is 7.80. The van der Waals surface area contributed by atoms with Crippen molar-refractivity contribution in [3.63, 3.8) is 0 Å². The van der Waals surface area contributed by atoms with Gasteiger partial charge in [-0.3, -0.25) is 0 Å². The number of hydrogen-bond donors (Lipinski definition) is 2. The molecule has 2 aliphatic heterocycles. The van der Waals surface area contributed by atoms with Crippen molar-refractivity contribution in [2.75, 3.05) is 26.7 Å². The van der Waals surface area contributed by atoms with Crippen LogP contribution < -0.4 is 10.6 Å². The van der Waals surface area contributed by atoms with E-state index in [0.717, 1.165) is 23.5 Å². The normalized spacial score (nSPS) is 34.0. The highest BCUT2D eigenvalue weighted by Crippen LogP contribution is 2.35. The fourth-order valence-electron chi connectivity index (χ4n) is 4.85. The monoisotopic (exact) mass is 323 g/mol. The van der Waals surface area contributed by atoms with Gasteiger partial charge in [0, 0.05) is 13.6 Å². The predicted molar refractivity (Wildman–Crippen MR) is 97.1 cm³/mol. The van der Waals surface area contributed by atoms with E-state index in [-0.39, 0.29) is 5.54 Å². The minimum absolute atomic E-state index is 0.243. The van der Waals surface area contributed by atoms with E-state index in [2.05, 4.69) is 22.6 Å². The van der Waals surface area contributed by atoms with Crippen LogP contribution in [0, 0.1) is 11.8 Å². The van der Waals surface area contributed by atoms with Gasteiger partial charge in [0.25, 0.3) is 0 Å². The second kappa shape index (κ2) is 7.48. The van der Waals surface area contributed by atoms with Crippen LogP contribution in [0.2, 0.25) is 0 Å². The molecule has 1 aliphatic carbocycles. The van der Waals surface area contributed by atoms with E-state index < -0.39 is 0 Å². The van der Waals surface area contributed by atoms with Crippen molar-refractivity contribution in [2.24, 2.45) is 11.8 Å². The number of hydrogen-bond acceptors (Lipinski definition) is 2. The summed E-state index contributed by atoms with van der Waals surface area (Å²) in [5.41, 5.74) is 0.243. The van der Waals surface area contributed by atoms with Gasteiger partial charge in [-0.25, -0.2) is 0 Å². The first-order chi connectivity index (χ1) is 10.7. The lowest BCUT2D eigenvalue weighted by molar-refractivity contribution is 0.212. The van der Waals surface area contributed by atoms with Crippen molar-refractivity contribution >= 4 is 17.3 Å². The Hall–Kier alpha value is -0.350. The van der Waals surface area contributed by atoms with Gasteiger partial charge in [0.1, 0.15) is 0 Å². The Bertz CT molecular complexity index is 375. The molecule has 0 aromatic heterocycles. The number of rotatable bonds is 5. The van der Waals surface area contributed by atoms with E-state index in [0.29, 0.717) is 0 Å². The van der Waals surface area contributed by atoms with E-state index in [1.165, 1.54) is 77.3 Å². The molecule has 126 valence electrons. The first-order valence-electron chi connectivity index (χ1n) is 9.41. The summed E-state index contributed by atoms with van der Waals surface area (Å²) in [6.45, 7) is 3.51. The molecule has 3 fully saturated rings. The standard InChI is InChI=1S/C18H33N3S/c1-21-14-18(20-17(21)22,12-16-8-5-11-19-13-16)10-9-15-6-3-2-4-7-15/h15-16,19H,2-14H2,1H3,(H,20,22)/t16-,18+/m1/s1. The van der Waals surface area contributed by atoms with Gasteiger partial charge >= 0.3 is 0 Å². The first kappa shape index (κ1) is 16.5. The van der Waals surface area contributed by atoms with Crippen LogP contribution in [0.3, 0.4) is 0 Å². The van der Waals surface area contributed by atoms with Crippen LogP contribution in [-0.4, -0.2) is 42.2 Å². The van der Waals surface area contributed by atoms with Gasteiger partial charge in [-0.1, -0.05) is 32.1 Å². The third kappa shape index (κ3) is 4.14. The number of nitrogens with one attached hydrogen (secondary N) is 2. The molecule has 22 heavy (non-hydrogen) atoms. The summed E-state index contributed by atoms with van der Waals surface area (Å²) in [4.78, 5) is 2.26. The molecule has 1 saturated carbocycles. The lowest BCUT2D eigenvalue weighted by Gasteiger charge is -2.36. The molecule has 2 saturated heterocycles. The zero-order valence-electron chi connectivity index (χ0n) is 14.2. The van der Waals surface area contributed by atoms with Crippen molar-refractivity contribution in [1.29, 1.82) is 0 Å². The minimum atomic E-state index is 0.243. The lowest BCUT2D eigenvalue weighted by Crippen LogP contribution is -2.47. The summed E-state index contributed by atoms with van der Waals surface area (Å²) in [7, 11) is 2.15. The maximum Gasteiger partial charge on any atom is 0.169 e. The van der Waals surface area contributed by atoms with Gasteiger partial charge in [-0.15, -0.1) is 0 Å². The number of thiocarbonyl (C=S) groups is 1. The molecule has 3 rings (SSSR count). The third-order valence-corrected chi connectivity index (χ3v) is 6.51. The fraction of sp³-hybridized carbons (Fsp3) is 0.944. The molecule has 0 amide bonds. The summed E-state index contributed by atoms with van der Waals surface area (Å²) in [6.07, 6.45) is 14.0. The Kier molecular flexibility index (Phi) is 5.61. The summed E-state index contributed by atoms with van der Waals surface area (Å²) in [6, 6.07) is 0. The van der Waals surface area contributed by atoms with Crippen LogP contribution >= 0.6 is 12.2 Å². The van der Waals surface area contributed by atoms with Gasteiger partial charge < -0.3 is 15.5 Å². The smallest absolute Gasteiger partial charge is 0.169 e. The first-order valence-corrected chi connectivity index (χ1v) is 9.82. The van der Waals surface area contributed by atoms with Crippen LogP contribution in [0.1, 0.15) is 64.2 Å². The zero-order valence-corrected chi connectivity index (χ0v) is 15.0. The summed E-state index contributed by atoms with van der Waals surface area (Å²) in [5.74, 6) is 1.79. The molecular weight excluding hydrogens is 290 g/mol. The van der Waals surface area contributed by atoms with Crippen molar-refractivity contribution in [1.82, 2.24) is 15.5 Å². The molecule has 0 unspecified atom stereocenters. The summed E-state index contributed by atoms with van der Waals surface area (Å²) >= 11 is 5.53. The van der Waals surface area contributed by atoms with Gasteiger partial charge in [0.15, 0.2) is 5.11 Å². The molecular formula is C18H33N3S. The van der Waals surface area contributed by atoms with Gasteiger partial charge in [0.05, 0.1) is 5.54 Å². The molecule has 0 aromatic carbocycles. The summed E-state index contributed by atoms with van der Waals surface area (Å²) in [5, 5.41) is 8.28. The van der Waals surface area contributed by atoms with E-state index in [4.69, 9.17) is 12.2 Å². The Labute approximate surface area is 141 Å². The molecule has 0 aromatic rings. The van der Waals surface area contributed by atoms with Crippen LogP contribution in [0.5, 0.6) is 0 Å². The minimum Gasteiger partial charge on any atom is -0.355 e. The van der Waals surface area contributed by atoms with Crippen LogP contribution in [0.15, 0.2) is 0 Å². The molecule has 0 spiro atoms. The lowest BCUT2D eigenvalue weighted by atomic mass is 9.77. The average molecular weight is 324 g/mol. The van der Waals surface area contributed by atoms with Gasteiger partial charge in [-0.05, 0) is 69.2 Å². The number of piperidine rings is 1. The van der Waals surface area contributed by atoms with Crippen molar-refractivity contribution < 1.29 is 0 Å². The van der Waals surface area contributed by atoms with Crippen LogP contribution in [0.25, 0.3) is 0 Å². The molecule has 3 aliphatic rings. The van der Waals surface area contributed by atoms with Crippen molar-refractivity contribution in [3.8, 4) is 0 Å². The number of likely N-dealkylation sites (N-methyl/N-ethyl adjacent to an activating group) is 1. The maximum atomic E-state index is 5.53. The summed E-state index contributed by atoms with van der Waals surface area (Å²) < 4.78 is 0. The molecule has 2 N–H and O–H groups in total. The highest BCUT2D eigenvalue weighted by Gasteiger charge is 2.40. The Morgan fingerprint density at radius 2 is 1.91 bits per heavy atom. The largest absolute Gasteiger partial charge is 0.355 e. The molecule has 3 nitrogen and oxygen atoms in total. The third-order valence-electron chi connectivity index (χ3n) is 6.09. The SMILES string of the molecule is CN1C[C@](CCC2CCCCC2)(C[C@H]2CCCNC2)NC1=S. The van der Waals surface area contributed by atoms with E-state index in [9.17, 15) is 0 Å². The second-order valence-electron chi connectivity index (χ2n) is 8.03. The second-order valence-corrected chi connectivity index (χ2v) is 8.41. The molecule has 2 heterocycles. The van der Waals surface area contributed by atoms with Crippen molar-refractivity contribution in [2.45, 2.75) is 69.7 Å². The average Bonchev–Trinajstić information content (AvgIpc) is 2.82. The fourth-order valence-corrected chi connectivity index (χ4v) is 5.13. The van der Waals surface area contributed by atoms with E-state index in [1.807, 2.05) is 0 Å². The quantitative estimate of drug-likeness (QED) is 0.759.